The molecule has 5 nitrogen and oxygen atoms in total. The molecule has 1 aromatic heterocycles. The van der Waals surface area contributed by atoms with Crippen molar-refractivity contribution in [3.8, 4) is 5.75 Å². The molecule has 0 aliphatic rings. The van der Waals surface area contributed by atoms with Crippen molar-refractivity contribution in [1.29, 1.82) is 0 Å². The summed E-state index contributed by atoms with van der Waals surface area (Å²) in [7, 11) is 3.39. The van der Waals surface area contributed by atoms with Gasteiger partial charge in [-0.15, -0.1) is 11.3 Å². The molecular formula is C13H15N3O2S. The molecule has 0 atom stereocenters. The number of methoxy groups -OCH3 is 1. The molecule has 0 saturated carbocycles. The van der Waals surface area contributed by atoms with Crippen molar-refractivity contribution in [2.24, 2.45) is 0 Å². The molecule has 0 aliphatic heterocycles. The Kier molecular flexibility index (Phi) is 4.35. The van der Waals surface area contributed by atoms with Gasteiger partial charge in [0.05, 0.1) is 19.3 Å². The Hall–Kier alpha value is -2.08. The number of nitrogens with zero attached hydrogens (tertiary/aromatic N) is 1. The van der Waals surface area contributed by atoms with Crippen LogP contribution in [0.3, 0.4) is 0 Å². The molecule has 0 unspecified atom stereocenters. The Morgan fingerprint density at radius 1 is 1.47 bits per heavy atom. The molecule has 0 radical (unpaired) electrons. The summed E-state index contributed by atoms with van der Waals surface area (Å²) < 4.78 is 5.09. The van der Waals surface area contributed by atoms with Gasteiger partial charge in [-0.3, -0.25) is 4.79 Å². The van der Waals surface area contributed by atoms with E-state index in [0.29, 0.717) is 17.9 Å². The van der Waals surface area contributed by atoms with Crippen molar-refractivity contribution >= 4 is 22.4 Å². The third kappa shape index (κ3) is 3.45. The summed E-state index contributed by atoms with van der Waals surface area (Å²) in [5, 5.41) is 8.54. The van der Waals surface area contributed by atoms with Gasteiger partial charge in [0.25, 0.3) is 5.91 Å². The average molecular weight is 277 g/mol. The first-order valence-electron chi connectivity index (χ1n) is 5.77. The van der Waals surface area contributed by atoms with Gasteiger partial charge in [0.15, 0.2) is 5.13 Å². The maximum absolute atomic E-state index is 12.0. The highest BCUT2D eigenvalue weighted by molar-refractivity contribution is 7.13. The van der Waals surface area contributed by atoms with E-state index in [2.05, 4.69) is 15.6 Å². The topological polar surface area (TPSA) is 63.2 Å². The molecule has 0 aliphatic carbocycles. The Labute approximate surface area is 115 Å². The van der Waals surface area contributed by atoms with Gasteiger partial charge in [-0.05, 0) is 18.2 Å². The second-order valence-electron chi connectivity index (χ2n) is 3.81. The van der Waals surface area contributed by atoms with Crippen molar-refractivity contribution in [2.75, 3.05) is 19.5 Å². The lowest BCUT2D eigenvalue weighted by Crippen LogP contribution is -2.22. The van der Waals surface area contributed by atoms with Crippen LogP contribution in [-0.4, -0.2) is 25.0 Å². The number of amides is 1. The molecular weight excluding hydrogens is 262 g/mol. The fraction of sp³-hybridized carbons (Fsp3) is 0.231. The number of carbonyl (C=O) groups is 1. The largest absolute Gasteiger partial charge is 0.497 e. The maximum atomic E-state index is 12.0. The second kappa shape index (κ2) is 6.19. The van der Waals surface area contributed by atoms with Crippen LogP contribution in [0.15, 0.2) is 29.6 Å². The van der Waals surface area contributed by atoms with Crippen LogP contribution in [0, 0.1) is 0 Å². The highest BCUT2D eigenvalue weighted by atomic mass is 32.1. The van der Waals surface area contributed by atoms with Crippen LogP contribution in [0.25, 0.3) is 0 Å². The number of rotatable bonds is 5. The quantitative estimate of drug-likeness (QED) is 0.878. The van der Waals surface area contributed by atoms with Crippen LogP contribution in [-0.2, 0) is 6.54 Å². The summed E-state index contributed by atoms with van der Waals surface area (Å²) in [5.74, 6) is 0.525. The first kappa shape index (κ1) is 13.4. The van der Waals surface area contributed by atoms with Gasteiger partial charge >= 0.3 is 0 Å². The normalized spacial score (nSPS) is 10.0. The summed E-state index contributed by atoms with van der Waals surface area (Å²) >= 11 is 1.51. The van der Waals surface area contributed by atoms with Crippen molar-refractivity contribution < 1.29 is 9.53 Å². The molecule has 0 saturated heterocycles. The lowest BCUT2D eigenvalue weighted by molar-refractivity contribution is 0.0950. The molecule has 6 heteroatoms. The van der Waals surface area contributed by atoms with Crippen LogP contribution in [0.5, 0.6) is 5.75 Å². The molecule has 0 fully saturated rings. The smallest absolute Gasteiger partial charge is 0.251 e. The number of nitrogens with one attached hydrogen (secondary N) is 2. The van der Waals surface area contributed by atoms with Gasteiger partial charge in [0, 0.05) is 18.0 Å². The van der Waals surface area contributed by atoms with Crippen LogP contribution in [0.4, 0.5) is 5.13 Å². The molecule has 2 rings (SSSR count). The van der Waals surface area contributed by atoms with Gasteiger partial charge in [-0.25, -0.2) is 4.98 Å². The number of carbonyl (C=O) groups excluding carboxylic acids is 1. The third-order valence-corrected chi connectivity index (χ3v) is 3.44. The fourth-order valence-electron chi connectivity index (χ4n) is 1.54. The second-order valence-corrected chi connectivity index (χ2v) is 4.67. The van der Waals surface area contributed by atoms with Crippen LogP contribution >= 0.6 is 11.3 Å². The van der Waals surface area contributed by atoms with E-state index < -0.39 is 0 Å². The van der Waals surface area contributed by atoms with Gasteiger partial charge in [0.2, 0.25) is 0 Å². The predicted octanol–water partition coefficient (Wildman–Crippen LogP) is 2.12. The van der Waals surface area contributed by atoms with E-state index in [0.717, 1.165) is 10.8 Å². The SMILES string of the molecule is CNc1nc(CNC(=O)c2cccc(OC)c2)cs1. The van der Waals surface area contributed by atoms with Crippen molar-refractivity contribution in [3.05, 3.63) is 40.9 Å². The summed E-state index contributed by atoms with van der Waals surface area (Å²) in [4.78, 5) is 16.3. The monoisotopic (exact) mass is 277 g/mol. The minimum absolute atomic E-state index is 0.141. The van der Waals surface area contributed by atoms with E-state index >= 15 is 0 Å². The predicted molar refractivity (Wildman–Crippen MR) is 75.8 cm³/mol. The number of aromatic nitrogens is 1. The molecule has 19 heavy (non-hydrogen) atoms. The standard InChI is InChI=1S/C13H15N3O2S/c1-14-13-16-10(8-19-13)7-15-12(17)9-4-3-5-11(6-9)18-2/h3-6,8H,7H2,1-2H3,(H,14,16)(H,15,17). The molecule has 2 aromatic rings. The lowest BCUT2D eigenvalue weighted by Gasteiger charge is -2.05. The Bertz CT molecular complexity index is 569. The van der Waals surface area contributed by atoms with E-state index in [1.165, 1.54) is 11.3 Å². The highest BCUT2D eigenvalue weighted by Crippen LogP contribution is 2.15. The zero-order valence-electron chi connectivity index (χ0n) is 10.8. The summed E-state index contributed by atoms with van der Waals surface area (Å²) in [6, 6.07) is 7.04. The van der Waals surface area contributed by atoms with Gasteiger partial charge in [-0.2, -0.15) is 0 Å². The number of benzene rings is 1. The fourth-order valence-corrected chi connectivity index (χ4v) is 2.21. The molecule has 1 aromatic carbocycles. The van der Waals surface area contributed by atoms with E-state index in [-0.39, 0.29) is 5.91 Å². The third-order valence-electron chi connectivity index (χ3n) is 2.53. The van der Waals surface area contributed by atoms with E-state index in [1.54, 1.807) is 31.4 Å². The average Bonchev–Trinajstić information content (AvgIpc) is 2.93. The Balaban J connectivity index is 1.96. The summed E-state index contributed by atoms with van der Waals surface area (Å²) in [6.45, 7) is 0.411. The molecule has 1 amide bonds. The lowest BCUT2D eigenvalue weighted by atomic mass is 10.2. The number of anilines is 1. The Morgan fingerprint density at radius 3 is 3.00 bits per heavy atom. The first-order chi connectivity index (χ1) is 9.22. The van der Waals surface area contributed by atoms with Crippen LogP contribution in [0.1, 0.15) is 16.1 Å². The molecule has 0 spiro atoms. The minimum atomic E-state index is -0.141. The zero-order valence-corrected chi connectivity index (χ0v) is 11.6. The Morgan fingerprint density at radius 2 is 2.32 bits per heavy atom. The highest BCUT2D eigenvalue weighted by Gasteiger charge is 2.07. The van der Waals surface area contributed by atoms with Crippen molar-refractivity contribution in [3.63, 3.8) is 0 Å². The molecule has 0 bridgehead atoms. The number of hydrogen-bond donors (Lipinski definition) is 2. The maximum Gasteiger partial charge on any atom is 0.251 e. The number of ether oxygens (including phenoxy) is 1. The summed E-state index contributed by atoms with van der Waals surface area (Å²) in [6.07, 6.45) is 0. The molecule has 2 N–H and O–H groups in total. The summed E-state index contributed by atoms with van der Waals surface area (Å²) in [5.41, 5.74) is 1.41. The van der Waals surface area contributed by atoms with Gasteiger partial charge in [0.1, 0.15) is 5.75 Å². The van der Waals surface area contributed by atoms with E-state index in [1.807, 2.05) is 12.4 Å². The zero-order chi connectivity index (χ0) is 13.7. The van der Waals surface area contributed by atoms with E-state index in [9.17, 15) is 4.79 Å². The van der Waals surface area contributed by atoms with Crippen molar-refractivity contribution in [2.45, 2.75) is 6.54 Å². The first-order valence-corrected chi connectivity index (χ1v) is 6.65. The van der Waals surface area contributed by atoms with Gasteiger partial charge < -0.3 is 15.4 Å². The van der Waals surface area contributed by atoms with Crippen LogP contribution < -0.4 is 15.4 Å². The number of hydrogen-bond acceptors (Lipinski definition) is 5. The molecule has 100 valence electrons. The van der Waals surface area contributed by atoms with E-state index in [4.69, 9.17) is 4.74 Å². The minimum Gasteiger partial charge on any atom is -0.497 e. The molecule has 1 heterocycles. The van der Waals surface area contributed by atoms with Gasteiger partial charge in [-0.1, -0.05) is 6.07 Å². The number of thiazole rings is 1. The van der Waals surface area contributed by atoms with Crippen LogP contribution in [0.2, 0.25) is 0 Å². The van der Waals surface area contributed by atoms with Crippen molar-refractivity contribution in [1.82, 2.24) is 10.3 Å².